The van der Waals surface area contributed by atoms with E-state index in [4.69, 9.17) is 5.73 Å². The minimum absolute atomic E-state index is 0.0375. The maximum atomic E-state index is 11.7. The predicted molar refractivity (Wildman–Crippen MR) is 96.8 cm³/mol. The zero-order valence-electron chi connectivity index (χ0n) is 12.5. The molecule has 1 aromatic heterocycles. The molecule has 24 heavy (non-hydrogen) atoms. The number of phenols is 1. The largest absolute Gasteiger partial charge is 0.506 e. The number of phenolic OH excluding ortho intramolecular Hbond substituents is 1. The van der Waals surface area contributed by atoms with Gasteiger partial charge in [0.05, 0.1) is 4.70 Å². The number of nitrogens with two attached hydrogens (primary N) is 1. The first-order valence-electron chi connectivity index (χ1n) is 7.05. The van der Waals surface area contributed by atoms with Gasteiger partial charge in [0, 0.05) is 17.3 Å². The molecule has 6 heteroatoms. The predicted octanol–water partition coefficient (Wildman–Crippen LogP) is 3.13. The van der Waals surface area contributed by atoms with E-state index in [-0.39, 0.29) is 11.7 Å². The van der Waals surface area contributed by atoms with Crippen molar-refractivity contribution in [1.82, 2.24) is 4.98 Å². The summed E-state index contributed by atoms with van der Waals surface area (Å²) < 4.78 is 0.766. The molecule has 1 amide bonds. The molecule has 0 spiro atoms. The molecule has 0 aliphatic rings. The number of para-hydroxylation sites is 1. The van der Waals surface area contributed by atoms with Crippen molar-refractivity contribution in [2.45, 2.75) is 0 Å². The van der Waals surface area contributed by atoms with E-state index in [1.807, 2.05) is 18.2 Å². The third-order valence-electron chi connectivity index (χ3n) is 3.07. The van der Waals surface area contributed by atoms with Crippen molar-refractivity contribution in [2.75, 3.05) is 11.1 Å². The number of fused-ring (bicyclic) bond motifs is 1. The van der Waals surface area contributed by atoms with Crippen LogP contribution in [0.25, 0.3) is 10.2 Å². The molecule has 2 aromatic carbocycles. The lowest BCUT2D eigenvalue weighted by Gasteiger charge is -1.99. The Kier molecular flexibility index (Phi) is 4.45. The molecule has 0 unspecified atom stereocenters. The smallest absolute Gasteiger partial charge is 0.249 e. The van der Waals surface area contributed by atoms with Gasteiger partial charge in [0.1, 0.15) is 11.3 Å². The van der Waals surface area contributed by atoms with Gasteiger partial charge in [-0.1, -0.05) is 41.4 Å². The molecule has 4 N–H and O–H groups in total. The number of nitrogens with one attached hydrogen (secondary N) is 1. The minimum atomic E-state index is -0.260. The Bertz CT molecular complexity index is 982. The molecule has 3 rings (SSSR count). The standard InChI is InChI=1S/C18H13N3O2S/c19-18-21-17-14(22)10-12(11-15(17)24-18)6-4-5-9-16(23)20-13-7-2-1-3-8-13/h1-3,5,7-11,22H,(H2,19,21)(H,20,23)/b9-5+. The van der Waals surface area contributed by atoms with E-state index in [9.17, 15) is 9.90 Å². The maximum absolute atomic E-state index is 11.7. The monoisotopic (exact) mass is 335 g/mol. The van der Waals surface area contributed by atoms with Crippen molar-refractivity contribution in [2.24, 2.45) is 0 Å². The normalized spacial score (nSPS) is 10.5. The third-order valence-corrected chi connectivity index (χ3v) is 3.90. The summed E-state index contributed by atoms with van der Waals surface area (Å²) in [5, 5.41) is 13.0. The van der Waals surface area contributed by atoms with Crippen molar-refractivity contribution in [1.29, 1.82) is 0 Å². The molecule has 118 valence electrons. The lowest BCUT2D eigenvalue weighted by molar-refractivity contribution is -0.111. The topological polar surface area (TPSA) is 88.2 Å². The second kappa shape index (κ2) is 6.86. The Balaban J connectivity index is 1.70. The summed E-state index contributed by atoms with van der Waals surface area (Å²) >= 11 is 1.28. The van der Waals surface area contributed by atoms with Crippen LogP contribution in [0.3, 0.4) is 0 Å². The van der Waals surface area contributed by atoms with Crippen molar-refractivity contribution in [3.05, 3.63) is 60.2 Å². The molecular formula is C18H13N3O2S. The van der Waals surface area contributed by atoms with E-state index in [1.165, 1.54) is 29.6 Å². The number of carbonyl (C=O) groups is 1. The van der Waals surface area contributed by atoms with Gasteiger partial charge in [-0.25, -0.2) is 4.98 Å². The average Bonchev–Trinajstić information content (AvgIpc) is 2.93. The number of nitrogen functional groups attached to an aromatic ring is 1. The number of aromatic hydroxyl groups is 1. The third kappa shape index (κ3) is 3.72. The number of aromatic nitrogens is 1. The zero-order chi connectivity index (χ0) is 16.9. The summed E-state index contributed by atoms with van der Waals surface area (Å²) in [7, 11) is 0. The Morgan fingerprint density at radius 1 is 1.29 bits per heavy atom. The van der Waals surface area contributed by atoms with E-state index in [0.29, 0.717) is 16.2 Å². The first-order valence-corrected chi connectivity index (χ1v) is 7.86. The van der Waals surface area contributed by atoms with Crippen LogP contribution in [0.5, 0.6) is 5.75 Å². The van der Waals surface area contributed by atoms with Crippen molar-refractivity contribution in [3.63, 3.8) is 0 Å². The molecule has 0 fully saturated rings. The van der Waals surface area contributed by atoms with Crippen LogP contribution in [0.4, 0.5) is 10.8 Å². The Labute approximate surface area is 142 Å². The van der Waals surface area contributed by atoms with Crippen molar-refractivity contribution < 1.29 is 9.90 Å². The van der Waals surface area contributed by atoms with E-state index < -0.39 is 0 Å². The molecule has 0 saturated carbocycles. The van der Waals surface area contributed by atoms with E-state index in [1.54, 1.807) is 18.2 Å². The van der Waals surface area contributed by atoms with E-state index in [0.717, 1.165) is 10.4 Å². The average molecular weight is 335 g/mol. The highest BCUT2D eigenvalue weighted by atomic mass is 32.1. The number of anilines is 2. The van der Waals surface area contributed by atoms with Crippen molar-refractivity contribution >= 4 is 38.3 Å². The highest BCUT2D eigenvalue weighted by Crippen LogP contribution is 2.31. The first kappa shape index (κ1) is 15.6. The molecule has 0 radical (unpaired) electrons. The molecular weight excluding hydrogens is 322 g/mol. The highest BCUT2D eigenvalue weighted by molar-refractivity contribution is 7.22. The van der Waals surface area contributed by atoms with Crippen LogP contribution in [0, 0.1) is 11.8 Å². The summed E-state index contributed by atoms with van der Waals surface area (Å²) in [5.41, 5.74) is 7.45. The molecule has 0 saturated heterocycles. The van der Waals surface area contributed by atoms with Gasteiger partial charge in [0.15, 0.2) is 5.13 Å². The molecule has 0 atom stereocenters. The Hall–Kier alpha value is -3.30. The second-order valence-corrected chi connectivity index (χ2v) is 5.91. The van der Waals surface area contributed by atoms with Crippen LogP contribution in [-0.4, -0.2) is 16.0 Å². The number of benzene rings is 2. The number of carbonyl (C=O) groups excluding carboxylic acids is 1. The van der Waals surface area contributed by atoms with Gasteiger partial charge in [0.2, 0.25) is 5.91 Å². The van der Waals surface area contributed by atoms with Crippen LogP contribution in [-0.2, 0) is 4.79 Å². The fraction of sp³-hybridized carbons (Fsp3) is 0. The number of hydrogen-bond donors (Lipinski definition) is 3. The lowest BCUT2D eigenvalue weighted by atomic mass is 10.2. The van der Waals surface area contributed by atoms with Gasteiger partial charge in [-0.15, -0.1) is 0 Å². The fourth-order valence-electron chi connectivity index (χ4n) is 2.05. The van der Waals surface area contributed by atoms with Crippen LogP contribution in [0.2, 0.25) is 0 Å². The summed E-state index contributed by atoms with van der Waals surface area (Å²) in [6.07, 6.45) is 2.81. The summed E-state index contributed by atoms with van der Waals surface area (Å²) in [5.74, 6) is 5.41. The van der Waals surface area contributed by atoms with Crippen LogP contribution in [0.1, 0.15) is 5.56 Å². The zero-order valence-corrected chi connectivity index (χ0v) is 13.3. The van der Waals surface area contributed by atoms with Crippen LogP contribution >= 0.6 is 11.3 Å². The fourth-order valence-corrected chi connectivity index (χ4v) is 2.84. The van der Waals surface area contributed by atoms with Gasteiger partial charge >= 0.3 is 0 Å². The number of amides is 1. The van der Waals surface area contributed by atoms with Crippen LogP contribution in [0.15, 0.2) is 54.6 Å². The van der Waals surface area contributed by atoms with Gasteiger partial charge in [0.25, 0.3) is 0 Å². The number of allylic oxidation sites excluding steroid dienone is 1. The van der Waals surface area contributed by atoms with Crippen molar-refractivity contribution in [3.8, 4) is 17.6 Å². The van der Waals surface area contributed by atoms with E-state index in [2.05, 4.69) is 22.1 Å². The SMILES string of the molecule is Nc1nc2c(O)cc(C#C/C=C/C(=O)Nc3ccccc3)cc2s1. The number of thiazole rings is 1. The van der Waals surface area contributed by atoms with E-state index >= 15 is 0 Å². The Morgan fingerprint density at radius 3 is 2.88 bits per heavy atom. The molecule has 1 heterocycles. The number of hydrogen-bond acceptors (Lipinski definition) is 5. The maximum Gasteiger partial charge on any atom is 0.249 e. The quantitative estimate of drug-likeness (QED) is 0.496. The summed E-state index contributed by atoms with van der Waals surface area (Å²) in [6.45, 7) is 0. The molecule has 0 bridgehead atoms. The summed E-state index contributed by atoms with van der Waals surface area (Å²) in [4.78, 5) is 15.8. The van der Waals surface area contributed by atoms with Gasteiger partial charge in [-0.2, -0.15) is 0 Å². The molecule has 0 aliphatic heterocycles. The minimum Gasteiger partial charge on any atom is -0.506 e. The molecule has 3 aromatic rings. The van der Waals surface area contributed by atoms with Crippen LogP contribution < -0.4 is 11.1 Å². The Morgan fingerprint density at radius 2 is 2.08 bits per heavy atom. The first-order chi connectivity index (χ1) is 11.6. The molecule has 0 aliphatic carbocycles. The van der Waals surface area contributed by atoms with Gasteiger partial charge in [-0.3, -0.25) is 4.79 Å². The molecule has 5 nitrogen and oxygen atoms in total. The second-order valence-electron chi connectivity index (χ2n) is 4.85. The van der Waals surface area contributed by atoms with Gasteiger partial charge in [-0.05, 0) is 30.3 Å². The lowest BCUT2D eigenvalue weighted by Crippen LogP contribution is -2.07. The highest BCUT2D eigenvalue weighted by Gasteiger charge is 2.07. The number of nitrogens with zero attached hydrogens (tertiary/aromatic N) is 1. The van der Waals surface area contributed by atoms with Gasteiger partial charge < -0.3 is 16.2 Å². The number of rotatable bonds is 2. The summed E-state index contributed by atoms with van der Waals surface area (Å²) in [6, 6.07) is 12.5.